The quantitative estimate of drug-likeness (QED) is 0.554. The molecule has 3 N–H and O–H groups in total. The second kappa shape index (κ2) is 8.85. The molecule has 0 heterocycles. The fraction of sp³-hybridized carbons (Fsp3) is 0.462. The molecule has 7 nitrogen and oxygen atoms in total. The minimum Gasteiger partial charge on any atom is -0.406 e. The number of likely N-dealkylation sites (N-methyl/N-ethyl adjacent to an activating group) is 1. The molecule has 0 saturated heterocycles. The van der Waals surface area contributed by atoms with Crippen LogP contribution < -0.4 is 20.1 Å². The number of halogens is 3. The Morgan fingerprint density at radius 1 is 1.12 bits per heavy atom. The summed E-state index contributed by atoms with van der Waals surface area (Å²) in [6.07, 6.45) is -4.91. The third-order valence-electron chi connectivity index (χ3n) is 2.71. The van der Waals surface area contributed by atoms with Crippen LogP contribution in [0.3, 0.4) is 0 Å². The summed E-state index contributed by atoms with van der Waals surface area (Å²) in [5, 5.41) is 5.42. The molecule has 24 heavy (non-hydrogen) atoms. The van der Waals surface area contributed by atoms with Crippen LogP contribution in [-0.2, 0) is 14.8 Å². The maximum absolute atomic E-state index is 12.0. The number of alkyl halides is 3. The molecule has 1 amide bonds. The van der Waals surface area contributed by atoms with Crippen molar-refractivity contribution in [3.63, 3.8) is 0 Å². The highest BCUT2D eigenvalue weighted by atomic mass is 32.2. The van der Waals surface area contributed by atoms with E-state index >= 15 is 0 Å². The van der Waals surface area contributed by atoms with Gasteiger partial charge in [-0.3, -0.25) is 4.79 Å². The monoisotopic (exact) mass is 369 g/mol. The van der Waals surface area contributed by atoms with Gasteiger partial charge in [0.1, 0.15) is 5.75 Å². The van der Waals surface area contributed by atoms with Gasteiger partial charge in [-0.2, -0.15) is 0 Å². The molecule has 1 aromatic rings. The first kappa shape index (κ1) is 20.2. The number of carbonyl (C=O) groups is 1. The van der Waals surface area contributed by atoms with Gasteiger partial charge < -0.3 is 15.4 Å². The third-order valence-corrected chi connectivity index (χ3v) is 4.19. The average molecular weight is 369 g/mol. The molecule has 0 fully saturated rings. The lowest BCUT2D eigenvalue weighted by Crippen LogP contribution is -2.33. The molecule has 0 spiro atoms. The molecule has 0 bridgehead atoms. The van der Waals surface area contributed by atoms with E-state index in [9.17, 15) is 26.4 Å². The first-order valence-electron chi connectivity index (χ1n) is 6.91. The SMILES string of the molecule is CNCCNC(=O)CCNS(=O)(=O)c1ccc(OC(F)(F)F)cc1. The highest BCUT2D eigenvalue weighted by molar-refractivity contribution is 7.89. The van der Waals surface area contributed by atoms with Gasteiger partial charge in [0.2, 0.25) is 15.9 Å². The molecule has 0 saturated carbocycles. The zero-order valence-corrected chi connectivity index (χ0v) is 13.6. The second-order valence-electron chi connectivity index (χ2n) is 4.62. The number of sulfonamides is 1. The number of rotatable bonds is 9. The maximum atomic E-state index is 12.0. The lowest BCUT2D eigenvalue weighted by atomic mass is 10.3. The average Bonchev–Trinajstić information content (AvgIpc) is 2.46. The molecule has 0 aliphatic rings. The number of hydrogen-bond acceptors (Lipinski definition) is 5. The molecule has 0 atom stereocenters. The molecule has 0 aliphatic heterocycles. The number of benzene rings is 1. The first-order valence-corrected chi connectivity index (χ1v) is 8.39. The van der Waals surface area contributed by atoms with Crippen molar-refractivity contribution in [2.45, 2.75) is 17.7 Å². The van der Waals surface area contributed by atoms with Crippen molar-refractivity contribution in [3.8, 4) is 5.75 Å². The highest BCUT2D eigenvalue weighted by Crippen LogP contribution is 2.23. The Bertz CT molecular complexity index is 633. The maximum Gasteiger partial charge on any atom is 0.573 e. The van der Waals surface area contributed by atoms with Gasteiger partial charge in [0, 0.05) is 26.1 Å². The Morgan fingerprint density at radius 2 is 1.75 bits per heavy atom. The van der Waals surface area contributed by atoms with Gasteiger partial charge in [-0.05, 0) is 31.3 Å². The number of ether oxygens (including phenoxy) is 1. The first-order chi connectivity index (χ1) is 11.1. The molecular formula is C13H18F3N3O4S. The molecule has 1 aromatic carbocycles. The van der Waals surface area contributed by atoms with Crippen LogP contribution in [0.2, 0.25) is 0 Å². The lowest BCUT2D eigenvalue weighted by Gasteiger charge is -2.10. The van der Waals surface area contributed by atoms with E-state index in [1.54, 1.807) is 7.05 Å². The number of nitrogens with one attached hydrogen (secondary N) is 3. The smallest absolute Gasteiger partial charge is 0.406 e. The van der Waals surface area contributed by atoms with Crippen molar-refractivity contribution in [2.75, 3.05) is 26.7 Å². The number of hydrogen-bond donors (Lipinski definition) is 3. The minimum absolute atomic E-state index is 0.0573. The van der Waals surface area contributed by atoms with E-state index in [1.165, 1.54) is 0 Å². The van der Waals surface area contributed by atoms with Crippen molar-refractivity contribution in [1.29, 1.82) is 0 Å². The zero-order chi connectivity index (χ0) is 18.2. The predicted molar refractivity (Wildman–Crippen MR) is 79.9 cm³/mol. The number of carbonyl (C=O) groups excluding carboxylic acids is 1. The standard InChI is InChI=1S/C13H18F3N3O4S/c1-17-8-9-18-12(20)6-7-19-24(21,22)11-4-2-10(3-5-11)23-13(14,15)16/h2-5,17,19H,6-9H2,1H3,(H,18,20). The highest BCUT2D eigenvalue weighted by Gasteiger charge is 2.31. The van der Waals surface area contributed by atoms with Gasteiger partial charge in [-0.1, -0.05) is 0 Å². The van der Waals surface area contributed by atoms with Crippen molar-refractivity contribution in [3.05, 3.63) is 24.3 Å². The fourth-order valence-corrected chi connectivity index (χ4v) is 2.65. The third kappa shape index (κ3) is 7.62. The van der Waals surface area contributed by atoms with Crippen molar-refractivity contribution in [2.24, 2.45) is 0 Å². The fourth-order valence-electron chi connectivity index (χ4n) is 1.62. The van der Waals surface area contributed by atoms with E-state index in [1.807, 2.05) is 0 Å². The molecular weight excluding hydrogens is 351 g/mol. The summed E-state index contributed by atoms with van der Waals surface area (Å²) in [6.45, 7) is 0.876. The van der Waals surface area contributed by atoms with Gasteiger partial charge in [0.15, 0.2) is 0 Å². The van der Waals surface area contributed by atoms with Crippen molar-refractivity contribution >= 4 is 15.9 Å². The molecule has 1 rings (SSSR count). The number of amides is 1. The zero-order valence-electron chi connectivity index (χ0n) is 12.8. The van der Waals surface area contributed by atoms with Crippen LogP contribution in [0.25, 0.3) is 0 Å². The van der Waals surface area contributed by atoms with E-state index in [2.05, 4.69) is 20.1 Å². The summed E-state index contributed by atoms with van der Waals surface area (Å²) in [4.78, 5) is 11.2. The second-order valence-corrected chi connectivity index (χ2v) is 6.39. The Morgan fingerprint density at radius 3 is 2.29 bits per heavy atom. The molecule has 0 unspecified atom stereocenters. The minimum atomic E-state index is -4.85. The molecule has 136 valence electrons. The van der Waals surface area contributed by atoms with Crippen LogP contribution in [0.15, 0.2) is 29.2 Å². The van der Waals surface area contributed by atoms with Gasteiger partial charge in [-0.15, -0.1) is 13.2 Å². The molecule has 0 aliphatic carbocycles. The Balaban J connectivity index is 2.52. The lowest BCUT2D eigenvalue weighted by molar-refractivity contribution is -0.274. The summed E-state index contributed by atoms with van der Waals surface area (Å²) in [5.74, 6) is -0.841. The Hall–Kier alpha value is -1.85. The Kier molecular flexibility index (Phi) is 7.45. The summed E-state index contributed by atoms with van der Waals surface area (Å²) >= 11 is 0. The molecule has 11 heteroatoms. The van der Waals surface area contributed by atoms with Crippen LogP contribution in [0.5, 0.6) is 5.75 Å². The van der Waals surface area contributed by atoms with E-state index in [0.717, 1.165) is 24.3 Å². The summed E-state index contributed by atoms with van der Waals surface area (Å²) < 4.78 is 65.9. The van der Waals surface area contributed by atoms with Crippen LogP contribution >= 0.6 is 0 Å². The van der Waals surface area contributed by atoms with Crippen molar-refractivity contribution in [1.82, 2.24) is 15.4 Å². The van der Waals surface area contributed by atoms with E-state index in [-0.39, 0.29) is 23.8 Å². The van der Waals surface area contributed by atoms with E-state index < -0.39 is 22.1 Å². The van der Waals surface area contributed by atoms with Crippen molar-refractivity contribution < 1.29 is 31.1 Å². The summed E-state index contributed by atoms with van der Waals surface area (Å²) in [5.41, 5.74) is 0. The Labute approximate surface area is 137 Å². The molecule has 0 aromatic heterocycles. The van der Waals surface area contributed by atoms with Gasteiger partial charge >= 0.3 is 6.36 Å². The van der Waals surface area contributed by atoms with Crippen LogP contribution in [0.4, 0.5) is 13.2 Å². The van der Waals surface area contributed by atoms with Gasteiger partial charge in [0.05, 0.1) is 4.90 Å². The van der Waals surface area contributed by atoms with Gasteiger partial charge in [0.25, 0.3) is 0 Å². The van der Waals surface area contributed by atoms with E-state index in [0.29, 0.717) is 13.1 Å². The molecule has 0 radical (unpaired) electrons. The van der Waals surface area contributed by atoms with Gasteiger partial charge in [-0.25, -0.2) is 13.1 Å². The summed E-state index contributed by atoms with van der Waals surface area (Å²) in [7, 11) is -2.19. The summed E-state index contributed by atoms with van der Waals surface area (Å²) in [6, 6.07) is 3.76. The van der Waals surface area contributed by atoms with Crippen LogP contribution in [-0.4, -0.2) is 47.4 Å². The van der Waals surface area contributed by atoms with Crippen LogP contribution in [0.1, 0.15) is 6.42 Å². The largest absolute Gasteiger partial charge is 0.573 e. The van der Waals surface area contributed by atoms with Crippen LogP contribution in [0, 0.1) is 0 Å². The van der Waals surface area contributed by atoms with E-state index in [4.69, 9.17) is 0 Å². The predicted octanol–water partition coefficient (Wildman–Crippen LogP) is 0.589. The topological polar surface area (TPSA) is 96.5 Å². The normalized spacial score (nSPS) is 12.0.